The van der Waals surface area contributed by atoms with Gasteiger partial charge in [0.05, 0.1) is 0 Å². The number of benzene rings is 1. The van der Waals surface area contributed by atoms with Crippen LogP contribution in [0.15, 0.2) is 47.9 Å². The highest BCUT2D eigenvalue weighted by Gasteiger charge is 2.15. The van der Waals surface area contributed by atoms with E-state index in [1.807, 2.05) is 32.2 Å². The van der Waals surface area contributed by atoms with Crippen LogP contribution in [0, 0.1) is 25.5 Å². The Kier molecular flexibility index (Phi) is 5.38. The van der Waals surface area contributed by atoms with Crippen LogP contribution in [-0.2, 0) is 12.2 Å². The molecule has 0 amide bonds. The highest BCUT2D eigenvalue weighted by Crippen LogP contribution is 2.24. The molecule has 128 valence electrons. The average molecular weight is 357 g/mol. The Balaban J connectivity index is 1.81. The molecule has 25 heavy (non-hydrogen) atoms. The Hall–Kier alpha value is -2.34. The molecule has 1 aromatic carbocycles. The van der Waals surface area contributed by atoms with Gasteiger partial charge in [-0.15, -0.1) is 0 Å². The lowest BCUT2D eigenvalue weighted by Gasteiger charge is -2.12. The van der Waals surface area contributed by atoms with Crippen molar-refractivity contribution < 1.29 is 8.78 Å². The zero-order valence-corrected chi connectivity index (χ0v) is 14.8. The second-order valence-corrected chi connectivity index (χ2v) is 6.62. The second kappa shape index (κ2) is 7.70. The van der Waals surface area contributed by atoms with Crippen molar-refractivity contribution in [1.29, 1.82) is 0 Å². The van der Waals surface area contributed by atoms with Gasteiger partial charge in [0.25, 0.3) is 0 Å². The largest absolute Gasteiger partial charge is 0.264 e. The standard InChI is InChI=1S/C19H17F2N3S/c1-12-15(9-16-17(20)6-3-7-18(16)21)13(2)24-19(23-12)25-11-14-5-4-8-22-10-14/h3-8,10H,9,11H2,1-2H3. The maximum Gasteiger partial charge on any atom is 0.188 e. The van der Waals surface area contributed by atoms with E-state index in [9.17, 15) is 8.78 Å². The molecule has 0 unspecified atom stereocenters. The third-order valence-corrected chi connectivity index (χ3v) is 4.82. The number of hydrogen-bond acceptors (Lipinski definition) is 4. The Bertz CT molecular complexity index is 842. The van der Waals surface area contributed by atoms with E-state index in [0.29, 0.717) is 10.9 Å². The number of hydrogen-bond donors (Lipinski definition) is 0. The van der Waals surface area contributed by atoms with Crippen LogP contribution < -0.4 is 0 Å². The van der Waals surface area contributed by atoms with E-state index >= 15 is 0 Å². The summed E-state index contributed by atoms with van der Waals surface area (Å²) in [6.07, 6.45) is 3.68. The summed E-state index contributed by atoms with van der Waals surface area (Å²) in [6, 6.07) is 7.78. The Labute approximate surface area is 149 Å². The van der Waals surface area contributed by atoms with Gasteiger partial charge in [0.1, 0.15) is 11.6 Å². The van der Waals surface area contributed by atoms with Crippen molar-refractivity contribution in [3.8, 4) is 0 Å². The lowest BCUT2D eigenvalue weighted by atomic mass is 10.0. The first kappa shape index (κ1) is 17.5. The van der Waals surface area contributed by atoms with Gasteiger partial charge >= 0.3 is 0 Å². The quantitative estimate of drug-likeness (QED) is 0.492. The van der Waals surface area contributed by atoms with Gasteiger partial charge in [-0.2, -0.15) is 0 Å². The van der Waals surface area contributed by atoms with Gasteiger partial charge in [-0.05, 0) is 43.2 Å². The molecule has 0 radical (unpaired) electrons. The fraction of sp³-hybridized carbons (Fsp3) is 0.211. The zero-order valence-electron chi connectivity index (χ0n) is 14.0. The van der Waals surface area contributed by atoms with Crippen LogP contribution in [0.5, 0.6) is 0 Å². The molecule has 0 fully saturated rings. The summed E-state index contributed by atoms with van der Waals surface area (Å²) < 4.78 is 27.8. The second-order valence-electron chi connectivity index (χ2n) is 5.68. The molecule has 2 aromatic heterocycles. The molecule has 2 heterocycles. The lowest BCUT2D eigenvalue weighted by molar-refractivity contribution is 0.560. The van der Waals surface area contributed by atoms with Crippen LogP contribution in [0.2, 0.25) is 0 Å². The first-order valence-electron chi connectivity index (χ1n) is 7.83. The van der Waals surface area contributed by atoms with Crippen LogP contribution in [0.4, 0.5) is 8.78 Å². The molecule has 3 nitrogen and oxygen atoms in total. The van der Waals surface area contributed by atoms with Gasteiger partial charge in [0, 0.05) is 41.5 Å². The van der Waals surface area contributed by atoms with Gasteiger partial charge in [-0.3, -0.25) is 4.98 Å². The Morgan fingerprint density at radius 1 is 0.920 bits per heavy atom. The molecule has 3 aromatic rings. The minimum Gasteiger partial charge on any atom is -0.264 e. The Morgan fingerprint density at radius 3 is 2.20 bits per heavy atom. The summed E-state index contributed by atoms with van der Waals surface area (Å²) in [5.41, 5.74) is 3.37. The van der Waals surface area contributed by atoms with Crippen molar-refractivity contribution in [3.05, 3.63) is 82.4 Å². The van der Waals surface area contributed by atoms with E-state index in [1.165, 1.54) is 30.0 Å². The van der Waals surface area contributed by atoms with E-state index in [0.717, 1.165) is 22.5 Å². The van der Waals surface area contributed by atoms with E-state index < -0.39 is 11.6 Å². The van der Waals surface area contributed by atoms with Crippen molar-refractivity contribution in [1.82, 2.24) is 15.0 Å². The Morgan fingerprint density at radius 2 is 1.60 bits per heavy atom. The normalized spacial score (nSPS) is 10.9. The summed E-state index contributed by atoms with van der Waals surface area (Å²) >= 11 is 1.51. The van der Waals surface area contributed by atoms with Gasteiger partial charge in [-0.1, -0.05) is 23.9 Å². The average Bonchev–Trinajstić information content (AvgIpc) is 2.59. The first-order valence-corrected chi connectivity index (χ1v) is 8.82. The number of pyridine rings is 1. The molecule has 0 N–H and O–H groups in total. The highest BCUT2D eigenvalue weighted by atomic mass is 32.2. The van der Waals surface area contributed by atoms with Crippen LogP contribution >= 0.6 is 11.8 Å². The number of thioether (sulfide) groups is 1. The minimum atomic E-state index is -0.547. The van der Waals surface area contributed by atoms with Crippen LogP contribution in [-0.4, -0.2) is 15.0 Å². The number of rotatable bonds is 5. The molecule has 0 aliphatic rings. The molecular formula is C19H17F2N3S. The highest BCUT2D eigenvalue weighted by molar-refractivity contribution is 7.98. The van der Waals surface area contributed by atoms with Crippen LogP contribution in [0.1, 0.15) is 28.1 Å². The number of halogens is 2. The van der Waals surface area contributed by atoms with Crippen molar-refractivity contribution in [2.24, 2.45) is 0 Å². The molecule has 6 heteroatoms. The third-order valence-electron chi connectivity index (χ3n) is 3.91. The maximum absolute atomic E-state index is 13.9. The van der Waals surface area contributed by atoms with Gasteiger partial charge in [0.15, 0.2) is 5.16 Å². The number of nitrogens with zero attached hydrogens (tertiary/aromatic N) is 3. The molecule has 0 aliphatic heterocycles. The molecule has 0 aliphatic carbocycles. The van der Waals surface area contributed by atoms with Gasteiger partial charge < -0.3 is 0 Å². The van der Waals surface area contributed by atoms with Crippen LogP contribution in [0.25, 0.3) is 0 Å². The lowest BCUT2D eigenvalue weighted by Crippen LogP contribution is -2.06. The predicted octanol–water partition coefficient (Wildman–Crippen LogP) is 4.65. The molecule has 0 spiro atoms. The summed E-state index contributed by atoms with van der Waals surface area (Å²) in [7, 11) is 0. The molecule has 0 atom stereocenters. The molecule has 3 rings (SSSR count). The van der Waals surface area contributed by atoms with Crippen molar-refractivity contribution in [3.63, 3.8) is 0 Å². The molecule has 0 saturated heterocycles. The van der Waals surface area contributed by atoms with Crippen molar-refractivity contribution in [2.75, 3.05) is 0 Å². The van der Waals surface area contributed by atoms with E-state index in [2.05, 4.69) is 15.0 Å². The fourth-order valence-corrected chi connectivity index (χ4v) is 3.41. The SMILES string of the molecule is Cc1nc(SCc2cccnc2)nc(C)c1Cc1c(F)cccc1F. The maximum atomic E-state index is 13.9. The van der Waals surface area contributed by atoms with E-state index in [4.69, 9.17) is 0 Å². The minimum absolute atomic E-state index is 0.0491. The zero-order chi connectivity index (χ0) is 17.8. The predicted molar refractivity (Wildman–Crippen MR) is 94.5 cm³/mol. The smallest absolute Gasteiger partial charge is 0.188 e. The third kappa shape index (κ3) is 4.20. The summed E-state index contributed by atoms with van der Waals surface area (Å²) in [5.74, 6) is -0.378. The van der Waals surface area contributed by atoms with Gasteiger partial charge in [0.2, 0.25) is 0 Å². The summed E-state index contributed by atoms with van der Waals surface area (Å²) in [5, 5.41) is 0.650. The van der Waals surface area contributed by atoms with Crippen molar-refractivity contribution >= 4 is 11.8 Å². The summed E-state index contributed by atoms with van der Waals surface area (Å²) in [4.78, 5) is 13.1. The summed E-state index contributed by atoms with van der Waals surface area (Å²) in [6.45, 7) is 3.69. The number of aromatic nitrogens is 3. The topological polar surface area (TPSA) is 38.7 Å². The molecule has 0 bridgehead atoms. The first-order chi connectivity index (χ1) is 12.0. The van der Waals surface area contributed by atoms with Gasteiger partial charge in [-0.25, -0.2) is 18.7 Å². The van der Waals surface area contributed by atoms with Crippen LogP contribution in [0.3, 0.4) is 0 Å². The molecular weight excluding hydrogens is 340 g/mol. The monoisotopic (exact) mass is 357 g/mol. The van der Waals surface area contributed by atoms with E-state index in [1.54, 1.807) is 6.20 Å². The number of aryl methyl sites for hydroxylation is 2. The fourth-order valence-electron chi connectivity index (χ4n) is 2.54. The molecule has 0 saturated carbocycles. The van der Waals surface area contributed by atoms with Crippen molar-refractivity contribution in [2.45, 2.75) is 31.2 Å². The van der Waals surface area contributed by atoms with E-state index in [-0.39, 0.29) is 12.0 Å².